The van der Waals surface area contributed by atoms with Crippen molar-refractivity contribution >= 4 is 44.6 Å². The fourth-order valence-electron chi connectivity index (χ4n) is 12.0. The maximum absolute atomic E-state index is 7.02. The van der Waals surface area contributed by atoms with Crippen molar-refractivity contribution in [1.29, 1.82) is 0 Å². The first kappa shape index (κ1) is 55.0. The van der Waals surface area contributed by atoms with Gasteiger partial charge >= 0.3 is 0 Å². The van der Waals surface area contributed by atoms with Crippen molar-refractivity contribution in [2.45, 2.75) is 145 Å². The quantitative estimate of drug-likeness (QED) is 0.152. The van der Waals surface area contributed by atoms with E-state index in [9.17, 15) is 0 Å². The Kier molecular flexibility index (Phi) is 13.6. The van der Waals surface area contributed by atoms with Gasteiger partial charge in [-0.15, -0.1) is 0 Å². The summed E-state index contributed by atoms with van der Waals surface area (Å²) < 4.78 is 9.37. The predicted octanol–water partition coefficient (Wildman–Crippen LogP) is 21.3. The van der Waals surface area contributed by atoms with E-state index in [0.717, 1.165) is 50.4 Å². The summed E-state index contributed by atoms with van der Waals surface area (Å²) in [5.41, 5.74) is 23.1. The van der Waals surface area contributed by atoms with Crippen LogP contribution in [0.1, 0.15) is 143 Å². The lowest BCUT2D eigenvalue weighted by Crippen LogP contribution is -2.25. The molecule has 0 radical (unpaired) electrons. The number of rotatable bonds is 8. The number of para-hydroxylation sites is 2. The average Bonchev–Trinajstić information content (AvgIpc) is 4.23. The number of nitrogens with zero attached hydrogens (tertiary/aromatic N) is 4. The Morgan fingerprint density at radius 1 is 0.395 bits per heavy atom. The first-order valence-electron chi connectivity index (χ1n) is 29.1. The molecule has 8 aromatic carbocycles. The smallest absolute Gasteiger partial charge is 0.138 e. The maximum atomic E-state index is 7.02. The number of hydrogen-bond donors (Lipinski definition) is 0. The lowest BCUT2D eigenvalue weighted by molar-refractivity contribution is 0.483. The van der Waals surface area contributed by atoms with Crippen LogP contribution in [0.4, 0.5) is 22.7 Å². The van der Waals surface area contributed by atoms with Gasteiger partial charge in [-0.2, -0.15) is 0 Å². The Hall–Kier alpha value is -7.89. The second kappa shape index (κ2) is 20.0. The van der Waals surface area contributed by atoms with Gasteiger partial charge in [-0.1, -0.05) is 183 Å². The van der Waals surface area contributed by atoms with Crippen LogP contribution in [0.5, 0.6) is 11.5 Å². The molecule has 412 valence electrons. The lowest BCUT2D eigenvalue weighted by Gasteiger charge is -2.30. The third-order valence-electron chi connectivity index (χ3n) is 16.7. The third-order valence-corrected chi connectivity index (χ3v) is 16.7. The fourth-order valence-corrected chi connectivity index (χ4v) is 12.0. The zero-order valence-electron chi connectivity index (χ0n) is 51.1. The van der Waals surface area contributed by atoms with Gasteiger partial charge in [0, 0.05) is 40.5 Å². The Balaban J connectivity index is 1.04. The largest absolute Gasteiger partial charge is 0.457 e. The van der Waals surface area contributed by atoms with E-state index in [0.29, 0.717) is 6.67 Å². The minimum atomic E-state index is -0.149. The molecule has 5 heteroatoms. The lowest BCUT2D eigenvalue weighted by atomic mass is 9.74. The fraction of sp³-hybridized carbons (Fsp3) is 0.303. The average molecular weight is 1070 g/mol. The molecule has 0 saturated carbocycles. The van der Waals surface area contributed by atoms with Crippen molar-refractivity contribution in [2.75, 3.05) is 16.5 Å². The van der Waals surface area contributed by atoms with Crippen molar-refractivity contribution in [3.8, 4) is 50.7 Å². The molecule has 0 saturated heterocycles. The molecule has 10 aromatic rings. The van der Waals surface area contributed by atoms with Crippen molar-refractivity contribution in [1.82, 2.24) is 9.55 Å². The van der Waals surface area contributed by atoms with Gasteiger partial charge in [0.15, 0.2) is 0 Å². The number of anilines is 4. The summed E-state index contributed by atoms with van der Waals surface area (Å²) in [7, 11) is 0. The molecule has 0 N–H and O–H groups in total. The molecular formula is C76H82N4O. The molecule has 1 aliphatic rings. The summed E-state index contributed by atoms with van der Waals surface area (Å²) in [6.45, 7) is 39.9. The summed E-state index contributed by atoms with van der Waals surface area (Å²) in [6.07, 6.45) is 1.99. The topological polar surface area (TPSA) is 33.5 Å². The third kappa shape index (κ3) is 10.6. The van der Waals surface area contributed by atoms with E-state index in [2.05, 4.69) is 302 Å². The zero-order valence-corrected chi connectivity index (χ0v) is 51.1. The number of ether oxygens (including phenoxy) is 1. The Morgan fingerprint density at radius 3 is 1.58 bits per heavy atom. The monoisotopic (exact) mass is 1070 g/mol. The molecule has 0 spiro atoms. The normalized spacial score (nSPS) is 13.4. The Morgan fingerprint density at radius 2 is 0.963 bits per heavy atom. The maximum Gasteiger partial charge on any atom is 0.138 e. The molecule has 11 rings (SSSR count). The molecule has 0 fully saturated rings. The minimum absolute atomic E-state index is 0.000310. The van der Waals surface area contributed by atoms with Gasteiger partial charge in [0.25, 0.3) is 0 Å². The highest BCUT2D eigenvalue weighted by atomic mass is 16.5. The van der Waals surface area contributed by atoms with Gasteiger partial charge in [0.2, 0.25) is 0 Å². The van der Waals surface area contributed by atoms with Crippen LogP contribution in [0.2, 0.25) is 0 Å². The highest BCUT2D eigenvalue weighted by molar-refractivity contribution is 6.11. The van der Waals surface area contributed by atoms with Gasteiger partial charge in [-0.05, 0) is 192 Å². The molecule has 0 aliphatic carbocycles. The van der Waals surface area contributed by atoms with E-state index >= 15 is 0 Å². The number of aryl methyl sites for hydroxylation is 2. The molecule has 5 nitrogen and oxygen atoms in total. The number of pyridine rings is 1. The minimum Gasteiger partial charge on any atom is -0.457 e. The van der Waals surface area contributed by atoms with Gasteiger partial charge < -0.3 is 14.5 Å². The van der Waals surface area contributed by atoms with Gasteiger partial charge in [0.1, 0.15) is 24.0 Å². The molecule has 0 atom stereocenters. The molecule has 1 aliphatic heterocycles. The van der Waals surface area contributed by atoms with E-state index in [1.165, 1.54) is 83.8 Å². The summed E-state index contributed by atoms with van der Waals surface area (Å²) in [4.78, 5) is 10.1. The Bertz CT molecular complexity index is 3990. The molecule has 81 heavy (non-hydrogen) atoms. The molecule has 0 amide bonds. The van der Waals surface area contributed by atoms with Crippen LogP contribution < -0.4 is 14.5 Å². The van der Waals surface area contributed by atoms with Crippen molar-refractivity contribution in [3.63, 3.8) is 0 Å². The van der Waals surface area contributed by atoms with Gasteiger partial charge in [-0.3, -0.25) is 4.57 Å². The summed E-state index contributed by atoms with van der Waals surface area (Å²) in [5, 5.41) is 2.30. The van der Waals surface area contributed by atoms with Gasteiger partial charge in [-0.25, -0.2) is 4.98 Å². The van der Waals surface area contributed by atoms with E-state index < -0.39 is 0 Å². The second-order valence-corrected chi connectivity index (χ2v) is 28.1. The molecule has 3 heterocycles. The van der Waals surface area contributed by atoms with Crippen molar-refractivity contribution in [3.05, 3.63) is 215 Å². The second-order valence-electron chi connectivity index (χ2n) is 28.1. The number of benzene rings is 8. The zero-order chi connectivity index (χ0) is 57.7. The van der Waals surface area contributed by atoms with E-state index in [1.54, 1.807) is 0 Å². The summed E-state index contributed by atoms with van der Waals surface area (Å²) in [5.74, 6) is 2.37. The number of hydrogen-bond acceptors (Lipinski definition) is 4. The first-order valence-corrected chi connectivity index (χ1v) is 29.1. The van der Waals surface area contributed by atoms with Crippen LogP contribution in [0.3, 0.4) is 0 Å². The molecule has 2 aromatic heterocycles. The van der Waals surface area contributed by atoms with E-state index in [1.807, 2.05) is 6.20 Å². The van der Waals surface area contributed by atoms with Crippen LogP contribution in [0.25, 0.3) is 61.0 Å². The van der Waals surface area contributed by atoms with Crippen molar-refractivity contribution < 1.29 is 4.74 Å². The molecule has 0 bridgehead atoms. The number of aromatic nitrogens is 2. The van der Waals surface area contributed by atoms with Gasteiger partial charge in [0.05, 0.1) is 22.4 Å². The standard InChI is InChI=1S/C76H82N4O/c1-48-36-53(72(3,4)5)37-49(2)70(48)51-30-33-65-63(38-51)61-32-31-60(46-68(61)80(65)69-39-52(34-35-77-69)71-62(50-24-19-18-20-25-50)43-56(75(12,13)14)44-64(71)76(15,16)17)81-59-27-23-26-57(45-59)78-47-79(67-29-22-21-28-66(67)78)58-41-54(73(6,7)8)40-55(42-58)74(9,10)11/h18-46H,47H2,1-17H3. The van der Waals surface area contributed by atoms with Crippen LogP contribution in [-0.4, -0.2) is 16.2 Å². The first-order chi connectivity index (χ1) is 38.1. The summed E-state index contributed by atoms with van der Waals surface area (Å²) in [6, 6.07) is 63.1. The van der Waals surface area contributed by atoms with Crippen LogP contribution in [0.15, 0.2) is 176 Å². The summed E-state index contributed by atoms with van der Waals surface area (Å²) >= 11 is 0. The Labute approximate surface area is 483 Å². The van der Waals surface area contributed by atoms with E-state index in [-0.39, 0.29) is 27.1 Å². The van der Waals surface area contributed by atoms with E-state index in [4.69, 9.17) is 9.72 Å². The van der Waals surface area contributed by atoms with Crippen LogP contribution >= 0.6 is 0 Å². The highest BCUT2D eigenvalue weighted by Gasteiger charge is 2.32. The highest BCUT2D eigenvalue weighted by Crippen LogP contribution is 2.48. The van der Waals surface area contributed by atoms with Crippen LogP contribution in [0, 0.1) is 13.8 Å². The SMILES string of the molecule is Cc1cc(C(C)(C)C)cc(C)c1-c1ccc2c(c1)c1ccc(Oc3cccc(N4CN(c5cc(C(C)(C)C)cc(C(C)(C)C)c5)c5ccccc54)c3)cc1n2-c1cc(-c2c(-c3ccccc3)cc(C(C)(C)C)cc2C(C)(C)C)ccn1. The van der Waals surface area contributed by atoms with Crippen LogP contribution in [-0.2, 0) is 27.1 Å². The molecule has 0 unspecified atom stereocenters. The number of fused-ring (bicyclic) bond motifs is 4. The van der Waals surface area contributed by atoms with Crippen molar-refractivity contribution in [2.24, 2.45) is 0 Å². The molecular weight excluding hydrogens is 985 g/mol. The predicted molar refractivity (Wildman–Crippen MR) is 346 cm³/mol.